The summed E-state index contributed by atoms with van der Waals surface area (Å²) < 4.78 is 10.8. The fourth-order valence-electron chi connectivity index (χ4n) is 3.11. The molecule has 4 rings (SSSR count). The third-order valence-electron chi connectivity index (χ3n) is 4.99. The van der Waals surface area contributed by atoms with E-state index in [9.17, 15) is 9.90 Å². The highest BCUT2D eigenvalue weighted by molar-refractivity contribution is 7.20. The maximum absolute atomic E-state index is 12.7. The minimum Gasteiger partial charge on any atom is -0.454 e. The van der Waals surface area contributed by atoms with Gasteiger partial charge in [-0.2, -0.15) is 0 Å². The van der Waals surface area contributed by atoms with Gasteiger partial charge in [0.25, 0.3) is 5.91 Å². The van der Waals surface area contributed by atoms with Crippen molar-refractivity contribution >= 4 is 33.3 Å². The highest BCUT2D eigenvalue weighted by Crippen LogP contribution is 2.35. The van der Waals surface area contributed by atoms with Gasteiger partial charge >= 0.3 is 0 Å². The van der Waals surface area contributed by atoms with Gasteiger partial charge in [-0.1, -0.05) is 19.9 Å². The molecule has 0 unspecified atom stereocenters. The second kappa shape index (κ2) is 8.08. The van der Waals surface area contributed by atoms with Crippen molar-refractivity contribution in [2.24, 2.45) is 5.41 Å². The van der Waals surface area contributed by atoms with Crippen LogP contribution in [0.4, 0.5) is 5.82 Å². The lowest BCUT2D eigenvalue weighted by atomic mass is 9.95. The third kappa shape index (κ3) is 4.03. The molecule has 9 heteroatoms. The minimum atomic E-state index is -0.378. The molecule has 1 aliphatic heterocycles. The Balaban J connectivity index is 1.54. The molecule has 30 heavy (non-hydrogen) atoms. The number of anilines is 1. The first-order valence-electron chi connectivity index (χ1n) is 9.63. The van der Waals surface area contributed by atoms with Crippen LogP contribution >= 0.6 is 11.3 Å². The number of hydrogen-bond acceptors (Lipinski definition) is 8. The van der Waals surface area contributed by atoms with E-state index in [-0.39, 0.29) is 24.7 Å². The van der Waals surface area contributed by atoms with Crippen LogP contribution in [-0.4, -0.2) is 40.9 Å². The van der Waals surface area contributed by atoms with E-state index in [0.29, 0.717) is 23.8 Å². The second-order valence-corrected chi connectivity index (χ2v) is 9.00. The van der Waals surface area contributed by atoms with E-state index in [2.05, 4.69) is 20.6 Å². The Morgan fingerprint density at radius 2 is 2.07 bits per heavy atom. The number of nitrogens with one attached hydrogen (secondary N) is 2. The highest BCUT2D eigenvalue weighted by atomic mass is 32.1. The van der Waals surface area contributed by atoms with E-state index in [0.717, 1.165) is 32.8 Å². The Bertz CT molecular complexity index is 1100. The molecular weight excluding hydrogens is 404 g/mol. The van der Waals surface area contributed by atoms with Crippen LogP contribution in [0.1, 0.15) is 34.6 Å². The molecule has 0 saturated heterocycles. The molecule has 0 atom stereocenters. The van der Waals surface area contributed by atoms with Gasteiger partial charge < -0.3 is 25.2 Å². The lowest BCUT2D eigenvalue weighted by Gasteiger charge is -2.21. The largest absolute Gasteiger partial charge is 0.454 e. The zero-order chi connectivity index (χ0) is 21.3. The summed E-state index contributed by atoms with van der Waals surface area (Å²) in [5.74, 6) is 2.00. The van der Waals surface area contributed by atoms with Crippen LogP contribution in [0.5, 0.6) is 11.5 Å². The first-order chi connectivity index (χ1) is 14.4. The quantitative estimate of drug-likeness (QED) is 0.531. The van der Waals surface area contributed by atoms with E-state index in [1.807, 2.05) is 39.0 Å². The number of carbonyl (C=O) groups excluding carboxylic acids is 1. The number of amides is 1. The molecule has 1 aromatic carbocycles. The van der Waals surface area contributed by atoms with Crippen molar-refractivity contribution in [3.05, 3.63) is 40.5 Å². The smallest absolute Gasteiger partial charge is 0.261 e. The van der Waals surface area contributed by atoms with Crippen molar-refractivity contribution in [2.45, 2.75) is 27.3 Å². The first kappa shape index (κ1) is 20.4. The van der Waals surface area contributed by atoms with Crippen LogP contribution < -0.4 is 20.1 Å². The van der Waals surface area contributed by atoms with Gasteiger partial charge in [-0.3, -0.25) is 4.79 Å². The summed E-state index contributed by atoms with van der Waals surface area (Å²) >= 11 is 1.34. The number of aliphatic hydroxyl groups is 1. The normalized spacial score (nSPS) is 12.9. The summed E-state index contributed by atoms with van der Waals surface area (Å²) in [6, 6.07) is 5.80. The average molecular weight is 429 g/mol. The second-order valence-electron chi connectivity index (χ2n) is 8.00. The third-order valence-corrected chi connectivity index (χ3v) is 6.18. The fraction of sp³-hybridized carbons (Fsp3) is 0.381. The number of ether oxygens (including phenoxy) is 2. The maximum Gasteiger partial charge on any atom is 0.261 e. The van der Waals surface area contributed by atoms with Crippen molar-refractivity contribution < 1.29 is 19.4 Å². The van der Waals surface area contributed by atoms with Crippen LogP contribution in [0.25, 0.3) is 10.2 Å². The summed E-state index contributed by atoms with van der Waals surface area (Å²) in [6.07, 6.45) is 1.50. The van der Waals surface area contributed by atoms with Gasteiger partial charge in [-0.15, -0.1) is 11.3 Å². The average Bonchev–Trinajstić information content (AvgIpc) is 3.35. The Morgan fingerprint density at radius 3 is 2.87 bits per heavy atom. The lowest BCUT2D eigenvalue weighted by molar-refractivity contribution is 0.0914. The molecule has 3 N–H and O–H groups in total. The zero-order valence-electron chi connectivity index (χ0n) is 17.1. The first-order valence-corrected chi connectivity index (χ1v) is 10.5. The standard InChI is InChI=1S/C21H24N4O4S/c1-12-16-18(22-7-13-4-5-14-15(6-13)29-11-28-14)24-10-25-20(16)30-17(12)19(27)23-8-21(2,3)9-26/h4-6,10,26H,7-9,11H2,1-3H3,(H,23,27)(H,22,24,25). The molecule has 1 amide bonds. The van der Waals surface area contributed by atoms with E-state index < -0.39 is 0 Å². The van der Waals surface area contributed by atoms with Gasteiger partial charge in [0, 0.05) is 25.1 Å². The number of benzene rings is 1. The number of fused-ring (bicyclic) bond motifs is 2. The molecule has 2 aromatic heterocycles. The minimum absolute atomic E-state index is 0.00190. The van der Waals surface area contributed by atoms with Crippen molar-refractivity contribution in [2.75, 3.05) is 25.3 Å². The molecule has 0 fully saturated rings. The molecule has 3 heterocycles. The van der Waals surface area contributed by atoms with Crippen molar-refractivity contribution in [1.29, 1.82) is 0 Å². The Kier molecular flexibility index (Phi) is 5.48. The van der Waals surface area contributed by atoms with Crippen LogP contribution in [0.3, 0.4) is 0 Å². The van der Waals surface area contributed by atoms with Crippen LogP contribution in [0.2, 0.25) is 0 Å². The molecular formula is C21H24N4O4S. The zero-order valence-corrected chi connectivity index (χ0v) is 17.9. The van der Waals surface area contributed by atoms with E-state index in [1.54, 1.807) is 0 Å². The Labute approximate surface area is 178 Å². The number of aryl methyl sites for hydroxylation is 1. The maximum atomic E-state index is 12.7. The summed E-state index contributed by atoms with van der Waals surface area (Å²) in [6.45, 7) is 6.87. The number of rotatable bonds is 7. The topological polar surface area (TPSA) is 106 Å². The highest BCUT2D eigenvalue weighted by Gasteiger charge is 2.22. The Morgan fingerprint density at radius 1 is 1.27 bits per heavy atom. The van der Waals surface area contributed by atoms with E-state index >= 15 is 0 Å². The van der Waals surface area contributed by atoms with Gasteiger partial charge in [0.05, 0.1) is 10.3 Å². The van der Waals surface area contributed by atoms with Crippen molar-refractivity contribution in [3.63, 3.8) is 0 Å². The number of aromatic nitrogens is 2. The van der Waals surface area contributed by atoms with Crippen LogP contribution in [-0.2, 0) is 6.54 Å². The predicted molar refractivity (Wildman–Crippen MR) is 115 cm³/mol. The van der Waals surface area contributed by atoms with E-state index in [4.69, 9.17) is 9.47 Å². The number of aliphatic hydroxyl groups excluding tert-OH is 1. The molecule has 0 saturated carbocycles. The molecule has 8 nitrogen and oxygen atoms in total. The van der Waals surface area contributed by atoms with Gasteiger partial charge in [0.1, 0.15) is 17.0 Å². The van der Waals surface area contributed by atoms with Crippen LogP contribution in [0, 0.1) is 12.3 Å². The van der Waals surface area contributed by atoms with Gasteiger partial charge in [-0.05, 0) is 30.2 Å². The molecule has 0 radical (unpaired) electrons. The number of thiophene rings is 1. The molecule has 1 aliphatic rings. The SMILES string of the molecule is Cc1c(C(=O)NCC(C)(C)CO)sc2ncnc(NCc3ccc4c(c3)OCO4)c12. The summed E-state index contributed by atoms with van der Waals surface area (Å²) in [5, 5.41) is 16.5. The Hall–Kier alpha value is -2.91. The van der Waals surface area contributed by atoms with Crippen molar-refractivity contribution in [3.8, 4) is 11.5 Å². The monoisotopic (exact) mass is 428 g/mol. The van der Waals surface area contributed by atoms with Gasteiger partial charge in [0.2, 0.25) is 6.79 Å². The van der Waals surface area contributed by atoms with Gasteiger partial charge in [-0.25, -0.2) is 9.97 Å². The number of hydrogen-bond donors (Lipinski definition) is 3. The van der Waals surface area contributed by atoms with Crippen LogP contribution in [0.15, 0.2) is 24.5 Å². The number of carbonyl (C=O) groups is 1. The molecule has 3 aromatic rings. The predicted octanol–water partition coefficient (Wildman–Crippen LogP) is 3.09. The molecule has 0 aliphatic carbocycles. The summed E-state index contributed by atoms with van der Waals surface area (Å²) in [7, 11) is 0. The number of nitrogens with zero attached hydrogens (tertiary/aromatic N) is 2. The summed E-state index contributed by atoms with van der Waals surface area (Å²) in [4.78, 5) is 22.8. The fourth-order valence-corrected chi connectivity index (χ4v) is 4.18. The molecule has 158 valence electrons. The van der Waals surface area contributed by atoms with Gasteiger partial charge in [0.15, 0.2) is 11.5 Å². The summed E-state index contributed by atoms with van der Waals surface area (Å²) in [5.41, 5.74) is 1.49. The molecule has 0 spiro atoms. The molecule has 0 bridgehead atoms. The lowest BCUT2D eigenvalue weighted by Crippen LogP contribution is -2.35. The van der Waals surface area contributed by atoms with Crippen molar-refractivity contribution in [1.82, 2.24) is 15.3 Å². The van der Waals surface area contributed by atoms with E-state index in [1.165, 1.54) is 17.7 Å².